The average molecular weight is 412 g/mol. The molecule has 142 valence electrons. The molecule has 0 saturated heterocycles. The van der Waals surface area contributed by atoms with Crippen LogP contribution in [0.2, 0.25) is 5.02 Å². The number of nitrogens with zero attached hydrogens (tertiary/aromatic N) is 1. The van der Waals surface area contributed by atoms with E-state index < -0.39 is 0 Å². The lowest BCUT2D eigenvalue weighted by Gasteiger charge is -2.25. The molecular formula is C21H18ClN3O2S. The van der Waals surface area contributed by atoms with Crippen LogP contribution in [-0.4, -0.2) is 17.6 Å². The summed E-state index contributed by atoms with van der Waals surface area (Å²) in [4.78, 5) is 24.4. The summed E-state index contributed by atoms with van der Waals surface area (Å²) < 4.78 is 0. The fourth-order valence-electron chi connectivity index (χ4n) is 2.92. The molecule has 0 bridgehead atoms. The molecule has 1 aliphatic rings. The highest BCUT2D eigenvalue weighted by Crippen LogP contribution is 2.36. The second-order valence-corrected chi connectivity index (χ2v) is 7.84. The number of allylic oxidation sites excluding steroid dienone is 1. The summed E-state index contributed by atoms with van der Waals surface area (Å²) in [6.07, 6.45) is 0.213. The minimum Gasteiger partial charge on any atom is -0.325 e. The SMILES string of the molecule is Cc1ccc([C@H]2CC(=O)NC(SCC(=O)Nc3cccc(Cl)c3)=C2C#N)cc1. The first kappa shape index (κ1) is 20.0. The Hall–Kier alpha value is -2.75. The number of hydrogen-bond acceptors (Lipinski definition) is 4. The van der Waals surface area contributed by atoms with Crippen molar-refractivity contribution in [2.75, 3.05) is 11.1 Å². The van der Waals surface area contributed by atoms with Gasteiger partial charge in [-0.25, -0.2) is 0 Å². The van der Waals surface area contributed by atoms with E-state index in [9.17, 15) is 14.9 Å². The minimum atomic E-state index is -0.308. The number of amides is 2. The zero-order valence-electron chi connectivity index (χ0n) is 15.2. The molecule has 1 aliphatic heterocycles. The van der Waals surface area contributed by atoms with Gasteiger partial charge < -0.3 is 10.6 Å². The maximum absolute atomic E-state index is 12.2. The number of anilines is 1. The molecule has 7 heteroatoms. The molecule has 0 saturated carbocycles. The fraction of sp³-hybridized carbons (Fsp3) is 0.190. The highest BCUT2D eigenvalue weighted by Gasteiger charge is 2.29. The number of rotatable bonds is 5. The number of carbonyl (C=O) groups is 2. The summed E-state index contributed by atoms with van der Waals surface area (Å²) >= 11 is 7.06. The van der Waals surface area contributed by atoms with E-state index in [-0.39, 0.29) is 29.9 Å². The van der Waals surface area contributed by atoms with Crippen molar-refractivity contribution < 1.29 is 9.59 Å². The zero-order chi connectivity index (χ0) is 20.1. The van der Waals surface area contributed by atoms with E-state index in [1.807, 2.05) is 31.2 Å². The summed E-state index contributed by atoms with van der Waals surface area (Å²) in [5, 5.41) is 16.1. The van der Waals surface area contributed by atoms with Gasteiger partial charge in [-0.3, -0.25) is 9.59 Å². The van der Waals surface area contributed by atoms with E-state index in [4.69, 9.17) is 11.6 Å². The quantitative estimate of drug-likeness (QED) is 0.765. The van der Waals surface area contributed by atoms with E-state index in [1.54, 1.807) is 24.3 Å². The van der Waals surface area contributed by atoms with Crippen molar-refractivity contribution in [1.82, 2.24) is 5.32 Å². The van der Waals surface area contributed by atoms with Crippen LogP contribution in [0.4, 0.5) is 5.69 Å². The molecule has 2 aromatic carbocycles. The third-order valence-electron chi connectivity index (χ3n) is 4.29. The first-order valence-corrected chi connectivity index (χ1v) is 10.0. The molecule has 3 rings (SSSR count). The van der Waals surface area contributed by atoms with Crippen LogP contribution in [0.3, 0.4) is 0 Å². The van der Waals surface area contributed by atoms with Gasteiger partial charge in [0.25, 0.3) is 0 Å². The minimum absolute atomic E-state index is 0.0634. The molecule has 0 aromatic heterocycles. The Kier molecular flexibility index (Phi) is 6.40. The van der Waals surface area contributed by atoms with Crippen molar-refractivity contribution >= 4 is 40.9 Å². The number of nitriles is 1. The van der Waals surface area contributed by atoms with E-state index in [2.05, 4.69) is 16.7 Å². The number of nitrogens with one attached hydrogen (secondary N) is 2. The zero-order valence-corrected chi connectivity index (χ0v) is 16.7. The van der Waals surface area contributed by atoms with Crippen LogP contribution >= 0.6 is 23.4 Å². The first-order chi connectivity index (χ1) is 13.5. The molecule has 1 atom stereocenters. The van der Waals surface area contributed by atoms with Gasteiger partial charge in [-0.05, 0) is 30.7 Å². The Morgan fingerprint density at radius 1 is 1.32 bits per heavy atom. The molecule has 2 aromatic rings. The Morgan fingerprint density at radius 2 is 2.07 bits per heavy atom. The number of carbonyl (C=O) groups excluding carboxylic acids is 2. The summed E-state index contributed by atoms with van der Waals surface area (Å²) in [5.74, 6) is -0.655. The van der Waals surface area contributed by atoms with E-state index >= 15 is 0 Å². The highest BCUT2D eigenvalue weighted by atomic mass is 35.5. The molecule has 0 spiro atoms. The number of aryl methyl sites for hydroxylation is 1. The van der Waals surface area contributed by atoms with Gasteiger partial charge in [-0.2, -0.15) is 5.26 Å². The van der Waals surface area contributed by atoms with Crippen LogP contribution in [0.25, 0.3) is 0 Å². The smallest absolute Gasteiger partial charge is 0.234 e. The van der Waals surface area contributed by atoms with E-state index in [0.717, 1.165) is 22.9 Å². The normalized spacial score (nSPS) is 16.3. The van der Waals surface area contributed by atoms with Crippen LogP contribution in [0.15, 0.2) is 59.1 Å². The molecule has 5 nitrogen and oxygen atoms in total. The molecular weight excluding hydrogens is 394 g/mol. The van der Waals surface area contributed by atoms with Gasteiger partial charge in [0.15, 0.2) is 0 Å². The van der Waals surface area contributed by atoms with Crippen molar-refractivity contribution in [3.05, 3.63) is 75.3 Å². The molecule has 1 heterocycles. The van der Waals surface area contributed by atoms with Gasteiger partial charge in [0.2, 0.25) is 11.8 Å². The molecule has 2 amide bonds. The number of thioether (sulfide) groups is 1. The maximum Gasteiger partial charge on any atom is 0.234 e. The monoisotopic (exact) mass is 411 g/mol. The summed E-state index contributed by atoms with van der Waals surface area (Å²) in [6.45, 7) is 1.98. The third-order valence-corrected chi connectivity index (χ3v) is 5.54. The maximum atomic E-state index is 12.2. The van der Waals surface area contributed by atoms with Crippen LogP contribution in [0, 0.1) is 18.3 Å². The molecule has 0 unspecified atom stereocenters. The van der Waals surface area contributed by atoms with Crippen LogP contribution in [0.1, 0.15) is 23.5 Å². The van der Waals surface area contributed by atoms with Gasteiger partial charge in [0.05, 0.1) is 22.4 Å². The second-order valence-electron chi connectivity index (χ2n) is 6.42. The largest absolute Gasteiger partial charge is 0.325 e. The Bertz CT molecular complexity index is 980. The van der Waals surface area contributed by atoms with Crippen molar-refractivity contribution in [1.29, 1.82) is 5.26 Å². The van der Waals surface area contributed by atoms with Gasteiger partial charge >= 0.3 is 0 Å². The van der Waals surface area contributed by atoms with Crippen molar-refractivity contribution in [3.63, 3.8) is 0 Å². The summed E-state index contributed by atoms with van der Waals surface area (Å²) in [7, 11) is 0. The molecule has 0 radical (unpaired) electrons. The average Bonchev–Trinajstić information content (AvgIpc) is 2.66. The van der Waals surface area contributed by atoms with E-state index in [1.165, 1.54) is 0 Å². The van der Waals surface area contributed by atoms with Crippen LogP contribution < -0.4 is 10.6 Å². The lowest BCUT2D eigenvalue weighted by Crippen LogP contribution is -2.31. The van der Waals surface area contributed by atoms with Gasteiger partial charge in [-0.15, -0.1) is 0 Å². The first-order valence-electron chi connectivity index (χ1n) is 8.65. The van der Waals surface area contributed by atoms with Crippen LogP contribution in [0.5, 0.6) is 0 Å². The molecule has 28 heavy (non-hydrogen) atoms. The second kappa shape index (κ2) is 8.96. The van der Waals surface area contributed by atoms with Gasteiger partial charge in [0, 0.05) is 23.0 Å². The lowest BCUT2D eigenvalue weighted by molar-refractivity contribution is -0.121. The fourth-order valence-corrected chi connectivity index (χ4v) is 3.98. The molecule has 0 aliphatic carbocycles. The van der Waals surface area contributed by atoms with Crippen molar-refractivity contribution in [3.8, 4) is 6.07 Å². The van der Waals surface area contributed by atoms with Crippen LogP contribution in [-0.2, 0) is 9.59 Å². The standard InChI is InChI=1S/C21H18ClN3O2S/c1-13-5-7-14(8-6-13)17-10-19(26)25-21(18(17)11-23)28-12-20(27)24-16-4-2-3-15(22)9-16/h2-9,17H,10,12H2,1H3,(H,24,27)(H,25,26)/t17-/m1/s1. The third kappa shape index (κ3) is 4.94. The number of benzene rings is 2. The number of hydrogen-bond donors (Lipinski definition) is 2. The highest BCUT2D eigenvalue weighted by molar-refractivity contribution is 8.03. The van der Waals surface area contributed by atoms with Gasteiger partial charge in [0.1, 0.15) is 0 Å². The predicted molar refractivity (Wildman–Crippen MR) is 112 cm³/mol. The van der Waals surface area contributed by atoms with Crippen molar-refractivity contribution in [2.24, 2.45) is 0 Å². The summed E-state index contributed by atoms with van der Waals surface area (Å²) in [6, 6.07) is 16.9. The van der Waals surface area contributed by atoms with E-state index in [0.29, 0.717) is 21.3 Å². The Labute approximate surface area is 172 Å². The van der Waals surface area contributed by atoms with Crippen molar-refractivity contribution in [2.45, 2.75) is 19.3 Å². The predicted octanol–water partition coefficient (Wildman–Crippen LogP) is 4.36. The number of halogens is 1. The topological polar surface area (TPSA) is 82.0 Å². The van der Waals surface area contributed by atoms with Gasteiger partial charge in [-0.1, -0.05) is 59.3 Å². The summed E-state index contributed by atoms with van der Waals surface area (Å²) in [5.41, 5.74) is 3.10. The molecule has 2 N–H and O–H groups in total. The lowest BCUT2D eigenvalue weighted by atomic mass is 9.87. The molecule has 0 fully saturated rings. The Morgan fingerprint density at radius 3 is 2.75 bits per heavy atom. The Balaban J connectivity index is 1.74.